The average Bonchev–Trinajstić information content (AvgIpc) is 2.79. The zero-order valence-electron chi connectivity index (χ0n) is 8.16. The standard InChI is InChI=1S/C9H10BrN3S2/c1-6-8(10)13-9(15-6)12-3-2-7-11-4-5-14-7/h4-5H,2-3H2,1H3,(H,12,13). The molecule has 0 saturated heterocycles. The van der Waals surface area contributed by atoms with E-state index in [9.17, 15) is 0 Å². The predicted molar refractivity (Wildman–Crippen MR) is 68.9 cm³/mol. The quantitative estimate of drug-likeness (QED) is 0.941. The Kier molecular flexibility index (Phi) is 3.71. The van der Waals surface area contributed by atoms with E-state index >= 15 is 0 Å². The molecule has 2 rings (SSSR count). The number of halogens is 1. The van der Waals surface area contributed by atoms with Crippen LogP contribution in [0.4, 0.5) is 5.13 Å². The Balaban J connectivity index is 1.83. The van der Waals surface area contributed by atoms with Gasteiger partial charge in [0.05, 0.1) is 5.01 Å². The fourth-order valence-electron chi connectivity index (χ4n) is 1.11. The molecule has 0 atom stereocenters. The lowest BCUT2D eigenvalue weighted by atomic mass is 10.4. The number of hydrogen-bond acceptors (Lipinski definition) is 5. The maximum Gasteiger partial charge on any atom is 0.184 e. The zero-order valence-corrected chi connectivity index (χ0v) is 11.4. The van der Waals surface area contributed by atoms with E-state index < -0.39 is 0 Å². The summed E-state index contributed by atoms with van der Waals surface area (Å²) in [6, 6.07) is 0. The van der Waals surface area contributed by atoms with Gasteiger partial charge in [0, 0.05) is 29.4 Å². The van der Waals surface area contributed by atoms with Crippen molar-refractivity contribution in [2.45, 2.75) is 13.3 Å². The second-order valence-electron chi connectivity index (χ2n) is 2.97. The van der Waals surface area contributed by atoms with Crippen molar-refractivity contribution in [3.8, 4) is 0 Å². The van der Waals surface area contributed by atoms with Crippen LogP contribution in [0.15, 0.2) is 16.2 Å². The predicted octanol–water partition coefficient (Wildman–Crippen LogP) is 3.33. The van der Waals surface area contributed by atoms with Crippen LogP contribution < -0.4 is 5.32 Å². The van der Waals surface area contributed by atoms with Crippen molar-refractivity contribution in [2.24, 2.45) is 0 Å². The van der Waals surface area contributed by atoms with E-state index in [0.717, 1.165) is 27.7 Å². The minimum Gasteiger partial charge on any atom is -0.361 e. The second kappa shape index (κ2) is 5.05. The normalized spacial score (nSPS) is 10.5. The van der Waals surface area contributed by atoms with E-state index in [1.54, 1.807) is 22.7 Å². The number of aryl methyl sites for hydroxylation is 1. The van der Waals surface area contributed by atoms with Gasteiger partial charge in [-0.1, -0.05) is 0 Å². The third-order valence-corrected chi connectivity index (χ3v) is 4.64. The fraction of sp³-hybridized carbons (Fsp3) is 0.333. The number of anilines is 1. The summed E-state index contributed by atoms with van der Waals surface area (Å²) >= 11 is 6.75. The van der Waals surface area contributed by atoms with Crippen LogP contribution in [0.25, 0.3) is 0 Å². The van der Waals surface area contributed by atoms with Gasteiger partial charge in [0.1, 0.15) is 4.60 Å². The highest BCUT2D eigenvalue weighted by Crippen LogP contribution is 2.25. The Morgan fingerprint density at radius 1 is 1.53 bits per heavy atom. The van der Waals surface area contributed by atoms with Gasteiger partial charge in [-0.05, 0) is 22.9 Å². The first kappa shape index (κ1) is 11.0. The molecule has 0 aromatic carbocycles. The van der Waals surface area contributed by atoms with Crippen molar-refractivity contribution < 1.29 is 0 Å². The lowest BCUT2D eigenvalue weighted by molar-refractivity contribution is 0.993. The van der Waals surface area contributed by atoms with Gasteiger partial charge in [0.15, 0.2) is 5.13 Å². The van der Waals surface area contributed by atoms with Gasteiger partial charge in [-0.15, -0.1) is 22.7 Å². The molecule has 2 aromatic rings. The van der Waals surface area contributed by atoms with Gasteiger partial charge in [0.25, 0.3) is 0 Å². The summed E-state index contributed by atoms with van der Waals surface area (Å²) in [6.07, 6.45) is 2.79. The fourth-order valence-corrected chi connectivity index (χ4v) is 3.00. The Hall–Kier alpha value is -0.460. The van der Waals surface area contributed by atoms with E-state index in [0.29, 0.717) is 0 Å². The van der Waals surface area contributed by atoms with Crippen LogP contribution >= 0.6 is 38.6 Å². The third-order valence-electron chi connectivity index (χ3n) is 1.84. The largest absolute Gasteiger partial charge is 0.361 e. The Bertz CT molecular complexity index is 405. The Labute approximate surface area is 105 Å². The van der Waals surface area contributed by atoms with Crippen molar-refractivity contribution in [2.75, 3.05) is 11.9 Å². The second-order valence-corrected chi connectivity index (χ2v) is 5.90. The molecule has 0 amide bonds. The van der Waals surface area contributed by atoms with Gasteiger partial charge in [-0.3, -0.25) is 0 Å². The molecular formula is C9H10BrN3S2. The topological polar surface area (TPSA) is 37.8 Å². The average molecular weight is 304 g/mol. The maximum absolute atomic E-state index is 4.34. The summed E-state index contributed by atoms with van der Waals surface area (Å²) in [5.74, 6) is 0. The molecule has 80 valence electrons. The van der Waals surface area contributed by atoms with Crippen LogP contribution in [0.5, 0.6) is 0 Å². The van der Waals surface area contributed by atoms with E-state index in [1.807, 2.05) is 18.5 Å². The van der Waals surface area contributed by atoms with Gasteiger partial charge in [-0.2, -0.15) is 0 Å². The summed E-state index contributed by atoms with van der Waals surface area (Å²) in [4.78, 5) is 9.76. The molecule has 0 aliphatic rings. The summed E-state index contributed by atoms with van der Waals surface area (Å²) in [6.45, 7) is 2.93. The number of nitrogens with zero attached hydrogens (tertiary/aromatic N) is 2. The number of hydrogen-bond donors (Lipinski definition) is 1. The third kappa shape index (κ3) is 2.99. The molecule has 6 heteroatoms. The summed E-state index contributed by atoms with van der Waals surface area (Å²) in [5, 5.41) is 7.42. The smallest absolute Gasteiger partial charge is 0.184 e. The molecule has 0 aliphatic carbocycles. The molecule has 0 aliphatic heterocycles. The lowest BCUT2D eigenvalue weighted by Gasteiger charge is -1.98. The van der Waals surface area contributed by atoms with Crippen LogP contribution in [0, 0.1) is 6.92 Å². The summed E-state index contributed by atoms with van der Waals surface area (Å²) in [5.41, 5.74) is 0. The van der Waals surface area contributed by atoms with Crippen molar-refractivity contribution in [1.29, 1.82) is 0 Å². The first-order valence-corrected chi connectivity index (χ1v) is 7.00. The first-order valence-electron chi connectivity index (χ1n) is 4.51. The minimum atomic E-state index is 0.882. The van der Waals surface area contributed by atoms with Gasteiger partial charge in [0.2, 0.25) is 0 Å². The molecule has 1 N–H and O–H groups in total. The van der Waals surface area contributed by atoms with Crippen LogP contribution in [-0.4, -0.2) is 16.5 Å². The van der Waals surface area contributed by atoms with E-state index in [2.05, 4.69) is 31.2 Å². The lowest BCUT2D eigenvalue weighted by Crippen LogP contribution is -2.03. The van der Waals surface area contributed by atoms with Crippen molar-refractivity contribution in [3.63, 3.8) is 0 Å². The highest BCUT2D eigenvalue weighted by Gasteiger charge is 2.03. The highest BCUT2D eigenvalue weighted by molar-refractivity contribution is 9.10. The van der Waals surface area contributed by atoms with Gasteiger partial charge >= 0.3 is 0 Å². The van der Waals surface area contributed by atoms with Gasteiger partial charge < -0.3 is 5.32 Å². The number of nitrogens with one attached hydrogen (secondary N) is 1. The molecule has 0 spiro atoms. The molecular weight excluding hydrogens is 294 g/mol. The summed E-state index contributed by atoms with van der Waals surface area (Å²) in [7, 11) is 0. The molecule has 3 nitrogen and oxygen atoms in total. The van der Waals surface area contributed by atoms with E-state index in [4.69, 9.17) is 0 Å². The molecule has 0 unspecified atom stereocenters. The van der Waals surface area contributed by atoms with Crippen molar-refractivity contribution in [1.82, 2.24) is 9.97 Å². The van der Waals surface area contributed by atoms with Crippen LogP contribution in [-0.2, 0) is 6.42 Å². The monoisotopic (exact) mass is 303 g/mol. The molecule has 15 heavy (non-hydrogen) atoms. The molecule has 0 fully saturated rings. The molecule has 2 aromatic heterocycles. The van der Waals surface area contributed by atoms with Crippen LogP contribution in [0.2, 0.25) is 0 Å². The molecule has 2 heterocycles. The number of thiazole rings is 2. The molecule has 0 radical (unpaired) electrons. The summed E-state index contributed by atoms with van der Waals surface area (Å²) < 4.78 is 0.934. The maximum atomic E-state index is 4.34. The van der Waals surface area contributed by atoms with Crippen molar-refractivity contribution >= 4 is 43.7 Å². The zero-order chi connectivity index (χ0) is 10.7. The SMILES string of the molecule is Cc1sc(NCCc2nccs2)nc1Br. The number of rotatable bonds is 4. The first-order chi connectivity index (χ1) is 7.25. The van der Waals surface area contributed by atoms with E-state index in [-0.39, 0.29) is 0 Å². The van der Waals surface area contributed by atoms with Crippen molar-refractivity contribution in [3.05, 3.63) is 26.1 Å². The van der Waals surface area contributed by atoms with E-state index in [1.165, 1.54) is 4.88 Å². The molecule has 0 saturated carbocycles. The Morgan fingerprint density at radius 3 is 3.00 bits per heavy atom. The minimum absolute atomic E-state index is 0.882. The van der Waals surface area contributed by atoms with Crippen LogP contribution in [0.1, 0.15) is 9.88 Å². The Morgan fingerprint density at radius 2 is 2.40 bits per heavy atom. The number of aromatic nitrogens is 2. The molecule has 0 bridgehead atoms. The van der Waals surface area contributed by atoms with Crippen LogP contribution in [0.3, 0.4) is 0 Å². The highest BCUT2D eigenvalue weighted by atomic mass is 79.9. The van der Waals surface area contributed by atoms with Gasteiger partial charge in [-0.25, -0.2) is 9.97 Å².